The predicted molar refractivity (Wildman–Crippen MR) is 124 cm³/mol. The van der Waals surface area contributed by atoms with Gasteiger partial charge in [-0.3, -0.25) is 0 Å². The van der Waals surface area contributed by atoms with Crippen LogP contribution in [0.2, 0.25) is 0 Å². The Bertz CT molecular complexity index is 1070. The Balaban J connectivity index is 1.26. The summed E-state index contributed by atoms with van der Waals surface area (Å²) in [6.07, 6.45) is -0.317. The first-order valence-corrected chi connectivity index (χ1v) is 11.2. The molecule has 6 nitrogen and oxygen atoms in total. The second kappa shape index (κ2) is 10.2. The topological polar surface area (TPSA) is 71.1 Å². The highest BCUT2D eigenvalue weighted by Gasteiger charge is 2.32. The number of benzene rings is 2. The maximum absolute atomic E-state index is 12.6. The van der Waals surface area contributed by atoms with E-state index in [0.717, 1.165) is 42.4 Å². The van der Waals surface area contributed by atoms with Gasteiger partial charge in [-0.2, -0.15) is 4.98 Å². The fourth-order valence-corrected chi connectivity index (χ4v) is 4.30. The summed E-state index contributed by atoms with van der Waals surface area (Å²) in [4.78, 5) is 9.25. The van der Waals surface area contributed by atoms with Crippen molar-refractivity contribution in [2.75, 3.05) is 24.2 Å². The number of rotatable bonds is 8. The van der Waals surface area contributed by atoms with Crippen LogP contribution in [0.1, 0.15) is 31.2 Å². The average molecular weight is 460 g/mol. The molecular weight excluding hydrogens is 431 g/mol. The minimum atomic E-state index is -4.68. The molecule has 176 valence electrons. The van der Waals surface area contributed by atoms with E-state index in [9.17, 15) is 13.2 Å². The molecule has 1 heterocycles. The van der Waals surface area contributed by atoms with Gasteiger partial charge in [0.2, 0.25) is 5.95 Å². The van der Waals surface area contributed by atoms with E-state index in [1.54, 1.807) is 18.2 Å². The van der Waals surface area contributed by atoms with Crippen molar-refractivity contribution in [2.45, 2.75) is 50.6 Å². The molecular formula is C24H28F3N5O. The van der Waals surface area contributed by atoms with Gasteiger partial charge < -0.3 is 20.7 Å². The molecule has 33 heavy (non-hydrogen) atoms. The largest absolute Gasteiger partial charge is 0.573 e. The van der Waals surface area contributed by atoms with Crippen molar-refractivity contribution in [1.29, 1.82) is 0 Å². The molecule has 0 amide bonds. The quantitative estimate of drug-likeness (QED) is 0.434. The molecule has 0 saturated heterocycles. The first-order valence-electron chi connectivity index (χ1n) is 11.2. The standard InChI is InChI=1S/C24H28F3N5O/c1-28-22-19-7-3-4-8-20(19)31-23(32-22)30-18-12-10-17(11-13-18)29-15-14-16-6-2-5-9-21(16)33-24(25,26)27/h2-9,17-18,29H,10-15H2,1H3,(H2,28,30,31,32). The molecule has 1 aromatic heterocycles. The number of halogens is 3. The lowest BCUT2D eigenvalue weighted by Crippen LogP contribution is -2.38. The van der Waals surface area contributed by atoms with Crippen LogP contribution in [0.15, 0.2) is 48.5 Å². The summed E-state index contributed by atoms with van der Waals surface area (Å²) in [6, 6.07) is 14.8. The van der Waals surface area contributed by atoms with Crippen molar-refractivity contribution in [3.63, 3.8) is 0 Å². The molecule has 9 heteroatoms. The Morgan fingerprint density at radius 3 is 2.39 bits per heavy atom. The van der Waals surface area contributed by atoms with E-state index in [2.05, 4.69) is 30.7 Å². The van der Waals surface area contributed by atoms with Crippen LogP contribution in [0.5, 0.6) is 5.75 Å². The van der Waals surface area contributed by atoms with Crippen molar-refractivity contribution in [2.24, 2.45) is 0 Å². The summed E-state index contributed by atoms with van der Waals surface area (Å²) >= 11 is 0. The highest BCUT2D eigenvalue weighted by Crippen LogP contribution is 2.27. The predicted octanol–water partition coefficient (Wildman–Crippen LogP) is 5.13. The van der Waals surface area contributed by atoms with Gasteiger partial charge in [0.1, 0.15) is 11.6 Å². The molecule has 4 rings (SSSR count). The van der Waals surface area contributed by atoms with Crippen LogP contribution in [0.3, 0.4) is 0 Å². The minimum Gasteiger partial charge on any atom is -0.406 e. The summed E-state index contributed by atoms with van der Waals surface area (Å²) in [5, 5.41) is 11.1. The zero-order chi connectivity index (χ0) is 23.3. The van der Waals surface area contributed by atoms with E-state index < -0.39 is 6.36 Å². The number of aromatic nitrogens is 2. The summed E-state index contributed by atoms with van der Waals surface area (Å²) in [6.45, 7) is 0.598. The molecule has 0 radical (unpaired) electrons. The number of alkyl halides is 3. The van der Waals surface area contributed by atoms with Gasteiger partial charge in [-0.25, -0.2) is 4.98 Å². The molecule has 3 N–H and O–H groups in total. The van der Waals surface area contributed by atoms with Crippen molar-refractivity contribution in [3.8, 4) is 5.75 Å². The fraction of sp³-hybridized carbons (Fsp3) is 0.417. The Morgan fingerprint density at radius 2 is 1.64 bits per heavy atom. The maximum Gasteiger partial charge on any atom is 0.573 e. The summed E-state index contributed by atoms with van der Waals surface area (Å²) in [5.74, 6) is 1.29. The number of nitrogens with zero attached hydrogens (tertiary/aromatic N) is 2. The highest BCUT2D eigenvalue weighted by atomic mass is 19.4. The van der Waals surface area contributed by atoms with Gasteiger partial charge in [-0.05, 0) is 62.4 Å². The molecule has 1 fully saturated rings. The number of nitrogens with one attached hydrogen (secondary N) is 3. The van der Waals surface area contributed by atoms with Gasteiger partial charge in [0, 0.05) is 24.5 Å². The van der Waals surface area contributed by atoms with Gasteiger partial charge in [0.25, 0.3) is 0 Å². The fourth-order valence-electron chi connectivity index (χ4n) is 4.30. The number of hydrogen-bond acceptors (Lipinski definition) is 6. The molecule has 0 atom stereocenters. The number of para-hydroxylation sites is 2. The van der Waals surface area contributed by atoms with Crippen molar-refractivity contribution >= 4 is 22.7 Å². The van der Waals surface area contributed by atoms with Crippen molar-refractivity contribution < 1.29 is 17.9 Å². The van der Waals surface area contributed by atoms with Gasteiger partial charge in [-0.15, -0.1) is 13.2 Å². The summed E-state index contributed by atoms with van der Waals surface area (Å²) < 4.78 is 41.9. The van der Waals surface area contributed by atoms with Crippen LogP contribution >= 0.6 is 0 Å². The Hall–Kier alpha value is -3.07. The van der Waals surface area contributed by atoms with Crippen LogP contribution in [0.25, 0.3) is 10.9 Å². The first kappa shape index (κ1) is 23.1. The van der Waals surface area contributed by atoms with Gasteiger partial charge in [0.05, 0.1) is 5.52 Å². The minimum absolute atomic E-state index is 0.129. The van der Waals surface area contributed by atoms with Crippen molar-refractivity contribution in [1.82, 2.24) is 15.3 Å². The lowest BCUT2D eigenvalue weighted by Gasteiger charge is -2.30. The van der Waals surface area contributed by atoms with Crippen LogP contribution in [0.4, 0.5) is 24.9 Å². The summed E-state index contributed by atoms with van der Waals surface area (Å²) in [5.41, 5.74) is 1.44. The molecule has 0 aliphatic heterocycles. The first-order chi connectivity index (χ1) is 15.9. The van der Waals surface area contributed by atoms with E-state index in [4.69, 9.17) is 0 Å². The maximum atomic E-state index is 12.6. The lowest BCUT2D eigenvalue weighted by atomic mass is 9.91. The molecule has 2 aromatic carbocycles. The lowest BCUT2D eigenvalue weighted by molar-refractivity contribution is -0.274. The van der Waals surface area contributed by atoms with E-state index in [-0.39, 0.29) is 11.8 Å². The van der Waals surface area contributed by atoms with Crippen LogP contribution < -0.4 is 20.7 Å². The molecule has 1 aliphatic rings. The highest BCUT2D eigenvalue weighted by molar-refractivity contribution is 5.89. The number of fused-ring (bicyclic) bond motifs is 1. The van der Waals surface area contributed by atoms with Crippen LogP contribution in [-0.4, -0.2) is 42.0 Å². The third kappa shape index (κ3) is 6.25. The molecule has 1 aliphatic carbocycles. The Morgan fingerprint density at radius 1 is 0.939 bits per heavy atom. The van der Waals surface area contributed by atoms with E-state index in [1.807, 2.05) is 31.3 Å². The molecule has 1 saturated carbocycles. The van der Waals surface area contributed by atoms with Gasteiger partial charge >= 0.3 is 6.36 Å². The Labute approximate surface area is 191 Å². The third-order valence-corrected chi connectivity index (χ3v) is 5.93. The zero-order valence-electron chi connectivity index (χ0n) is 18.5. The monoisotopic (exact) mass is 459 g/mol. The normalized spacial score (nSPS) is 18.8. The van der Waals surface area contributed by atoms with Gasteiger partial charge in [0.15, 0.2) is 0 Å². The number of ether oxygens (including phenoxy) is 1. The van der Waals surface area contributed by atoms with Crippen molar-refractivity contribution in [3.05, 3.63) is 54.1 Å². The third-order valence-electron chi connectivity index (χ3n) is 5.93. The van der Waals surface area contributed by atoms with Crippen LogP contribution in [-0.2, 0) is 6.42 Å². The van der Waals surface area contributed by atoms with Gasteiger partial charge in [-0.1, -0.05) is 30.3 Å². The SMILES string of the molecule is CNc1nc(NC2CCC(NCCc3ccccc3OC(F)(F)F)CC2)nc2ccccc12. The number of anilines is 2. The molecule has 0 spiro atoms. The zero-order valence-corrected chi connectivity index (χ0v) is 18.5. The van der Waals surface area contributed by atoms with E-state index in [1.165, 1.54) is 6.07 Å². The summed E-state index contributed by atoms with van der Waals surface area (Å²) in [7, 11) is 1.85. The molecule has 3 aromatic rings. The smallest absolute Gasteiger partial charge is 0.406 e. The second-order valence-electron chi connectivity index (χ2n) is 8.22. The van der Waals surface area contributed by atoms with E-state index in [0.29, 0.717) is 30.5 Å². The second-order valence-corrected chi connectivity index (χ2v) is 8.22. The molecule has 0 unspecified atom stereocenters. The van der Waals surface area contributed by atoms with E-state index >= 15 is 0 Å². The Kier molecular flexibility index (Phi) is 7.17. The van der Waals surface area contributed by atoms with Crippen LogP contribution in [0, 0.1) is 0 Å². The number of hydrogen-bond donors (Lipinski definition) is 3. The average Bonchev–Trinajstić information content (AvgIpc) is 2.80. The molecule has 0 bridgehead atoms.